The van der Waals surface area contributed by atoms with Crippen molar-refractivity contribution in [2.75, 3.05) is 5.84 Å². The molecule has 1 atom stereocenters. The molecule has 1 unspecified atom stereocenters. The van der Waals surface area contributed by atoms with E-state index in [1.807, 2.05) is 0 Å². The van der Waals surface area contributed by atoms with Crippen LogP contribution in [0.1, 0.15) is 29.2 Å². The summed E-state index contributed by atoms with van der Waals surface area (Å²) in [4.78, 5) is 0. The second-order valence-electron chi connectivity index (χ2n) is 6.28. The molecular weight excluding hydrogens is 370 g/mol. The highest BCUT2D eigenvalue weighted by molar-refractivity contribution is 7.99. The van der Waals surface area contributed by atoms with E-state index in [2.05, 4.69) is 39.2 Å². The van der Waals surface area contributed by atoms with Crippen LogP contribution in [-0.4, -0.2) is 21.5 Å². The Morgan fingerprint density at radius 3 is 2.67 bits per heavy atom. The zero-order chi connectivity index (χ0) is 18.8. The maximum atomic E-state index is 12.3. The zero-order valence-electron chi connectivity index (χ0n) is 14.4. The summed E-state index contributed by atoms with van der Waals surface area (Å²) in [5.41, 5.74) is 3.38. The van der Waals surface area contributed by atoms with Crippen molar-refractivity contribution in [2.45, 2.75) is 36.3 Å². The van der Waals surface area contributed by atoms with Crippen LogP contribution in [0.3, 0.4) is 0 Å². The second kappa shape index (κ2) is 7.56. The number of ether oxygens (including phenoxy) is 1. The Balaban J connectivity index is 1.55. The zero-order valence-corrected chi connectivity index (χ0v) is 15.2. The van der Waals surface area contributed by atoms with Crippen LogP contribution in [0.4, 0.5) is 8.78 Å². The quantitative estimate of drug-likeness (QED) is 0.655. The van der Waals surface area contributed by atoms with Crippen molar-refractivity contribution in [3.05, 3.63) is 59.7 Å². The molecule has 0 saturated heterocycles. The van der Waals surface area contributed by atoms with Crippen LogP contribution in [0.15, 0.2) is 53.7 Å². The van der Waals surface area contributed by atoms with Gasteiger partial charge in [0, 0.05) is 10.8 Å². The Hall–Kier alpha value is -2.61. The third kappa shape index (κ3) is 3.75. The summed E-state index contributed by atoms with van der Waals surface area (Å²) >= 11 is 1.60. The van der Waals surface area contributed by atoms with E-state index in [9.17, 15) is 8.78 Å². The molecule has 4 rings (SSSR count). The van der Waals surface area contributed by atoms with E-state index in [-0.39, 0.29) is 11.0 Å². The number of nitrogen functional groups attached to an aromatic ring is 1. The lowest BCUT2D eigenvalue weighted by Gasteiger charge is -2.24. The van der Waals surface area contributed by atoms with E-state index in [0.717, 1.165) is 19.3 Å². The first-order valence-corrected chi connectivity index (χ1v) is 9.50. The highest BCUT2D eigenvalue weighted by atomic mass is 32.2. The highest BCUT2D eigenvalue weighted by Crippen LogP contribution is 2.42. The number of fused-ring (bicyclic) bond motifs is 1. The minimum atomic E-state index is -2.85. The van der Waals surface area contributed by atoms with Gasteiger partial charge >= 0.3 is 6.61 Å². The van der Waals surface area contributed by atoms with E-state index >= 15 is 0 Å². The summed E-state index contributed by atoms with van der Waals surface area (Å²) in [6.07, 6.45) is 3.29. The van der Waals surface area contributed by atoms with Gasteiger partial charge < -0.3 is 10.6 Å². The van der Waals surface area contributed by atoms with Crippen molar-refractivity contribution in [3.8, 4) is 17.1 Å². The normalized spacial score (nSPS) is 16.3. The van der Waals surface area contributed by atoms with E-state index in [1.165, 1.54) is 27.9 Å². The van der Waals surface area contributed by atoms with Crippen LogP contribution in [-0.2, 0) is 6.42 Å². The number of thioether (sulfide) groups is 1. The summed E-state index contributed by atoms with van der Waals surface area (Å²) in [5, 5.41) is 9.32. The smallest absolute Gasteiger partial charge is 0.387 e. The van der Waals surface area contributed by atoms with Crippen LogP contribution >= 0.6 is 11.8 Å². The van der Waals surface area contributed by atoms with E-state index < -0.39 is 6.61 Å². The summed E-state index contributed by atoms with van der Waals surface area (Å²) in [5.74, 6) is 6.78. The number of alkyl halides is 2. The highest BCUT2D eigenvalue weighted by Gasteiger charge is 2.24. The van der Waals surface area contributed by atoms with Gasteiger partial charge in [-0.3, -0.25) is 0 Å². The maximum absolute atomic E-state index is 12.3. The Morgan fingerprint density at radius 1 is 1.11 bits per heavy atom. The van der Waals surface area contributed by atoms with Crippen LogP contribution in [0.5, 0.6) is 5.75 Å². The molecule has 2 aromatic carbocycles. The molecule has 0 amide bonds. The van der Waals surface area contributed by atoms with Gasteiger partial charge in [-0.1, -0.05) is 36.0 Å². The maximum Gasteiger partial charge on any atom is 0.387 e. The lowest BCUT2D eigenvalue weighted by molar-refractivity contribution is -0.0498. The minimum absolute atomic E-state index is 0.0882. The van der Waals surface area contributed by atoms with Gasteiger partial charge in [0.2, 0.25) is 5.16 Å². The molecule has 8 heteroatoms. The first-order valence-electron chi connectivity index (χ1n) is 8.62. The predicted molar refractivity (Wildman–Crippen MR) is 100 cm³/mol. The van der Waals surface area contributed by atoms with Gasteiger partial charge in [-0.2, -0.15) is 8.78 Å². The average Bonchev–Trinajstić information content (AvgIpc) is 3.03. The van der Waals surface area contributed by atoms with Crippen LogP contribution in [0.25, 0.3) is 11.4 Å². The fraction of sp³-hybridized carbons (Fsp3) is 0.263. The topological polar surface area (TPSA) is 66.0 Å². The third-order valence-corrected chi connectivity index (χ3v) is 5.83. The lowest BCUT2D eigenvalue weighted by Crippen LogP contribution is -2.13. The third-order valence-electron chi connectivity index (χ3n) is 4.56. The number of aryl methyl sites for hydroxylation is 1. The summed E-state index contributed by atoms with van der Waals surface area (Å²) in [6.45, 7) is -2.85. The van der Waals surface area contributed by atoms with Gasteiger partial charge in [0.25, 0.3) is 0 Å². The molecule has 2 N–H and O–H groups in total. The molecule has 3 aromatic rings. The summed E-state index contributed by atoms with van der Waals surface area (Å²) in [6, 6.07) is 14.6. The fourth-order valence-electron chi connectivity index (χ4n) is 3.30. The molecule has 1 aromatic heterocycles. The van der Waals surface area contributed by atoms with Gasteiger partial charge in [-0.25, -0.2) is 4.68 Å². The first kappa shape index (κ1) is 17.8. The fourth-order valence-corrected chi connectivity index (χ4v) is 4.48. The van der Waals surface area contributed by atoms with Crippen LogP contribution in [0, 0.1) is 0 Å². The summed E-state index contributed by atoms with van der Waals surface area (Å²) in [7, 11) is 0. The standard InChI is InChI=1S/C19H18F2N4OS/c20-18(21)26-14-10-8-13(9-11-14)17-23-24-19(25(17)22)27-16-7-3-5-12-4-1-2-6-15(12)16/h1-2,4,6,8-11,16,18H,3,5,7,22H2. The van der Waals surface area contributed by atoms with Gasteiger partial charge in [-0.15, -0.1) is 10.2 Å². The van der Waals surface area contributed by atoms with Gasteiger partial charge in [0.1, 0.15) is 5.75 Å². The number of rotatable bonds is 5. The van der Waals surface area contributed by atoms with Crippen molar-refractivity contribution in [1.82, 2.24) is 14.9 Å². The molecule has 0 spiro atoms. The van der Waals surface area contributed by atoms with E-state index in [0.29, 0.717) is 16.5 Å². The van der Waals surface area contributed by atoms with E-state index in [4.69, 9.17) is 5.84 Å². The van der Waals surface area contributed by atoms with Gasteiger partial charge in [0.05, 0.1) is 0 Å². The number of aromatic nitrogens is 3. The SMILES string of the molecule is Nn1c(SC2CCCc3ccccc32)nnc1-c1ccc(OC(F)F)cc1. The molecule has 0 aliphatic heterocycles. The van der Waals surface area contributed by atoms with Crippen LogP contribution < -0.4 is 10.6 Å². The van der Waals surface area contributed by atoms with Crippen molar-refractivity contribution >= 4 is 11.8 Å². The van der Waals surface area contributed by atoms with Crippen molar-refractivity contribution in [1.29, 1.82) is 0 Å². The Morgan fingerprint density at radius 2 is 1.89 bits per heavy atom. The Bertz CT molecular complexity index is 930. The second-order valence-corrected chi connectivity index (χ2v) is 7.45. The Labute approximate surface area is 159 Å². The summed E-state index contributed by atoms with van der Waals surface area (Å²) < 4.78 is 30.3. The molecule has 0 bridgehead atoms. The van der Waals surface area contributed by atoms with Crippen molar-refractivity contribution in [2.24, 2.45) is 0 Å². The van der Waals surface area contributed by atoms with Crippen molar-refractivity contribution in [3.63, 3.8) is 0 Å². The van der Waals surface area contributed by atoms with Gasteiger partial charge in [0.15, 0.2) is 5.82 Å². The molecule has 0 saturated carbocycles. The minimum Gasteiger partial charge on any atom is -0.435 e. The Kier molecular flexibility index (Phi) is 4.98. The molecule has 1 aliphatic carbocycles. The predicted octanol–water partition coefficient (Wildman–Crippen LogP) is 4.43. The number of benzene rings is 2. The molecule has 1 aliphatic rings. The van der Waals surface area contributed by atoms with Crippen LogP contribution in [0.2, 0.25) is 0 Å². The molecular formula is C19H18F2N4OS. The number of nitrogens with two attached hydrogens (primary N) is 1. The molecule has 5 nitrogen and oxygen atoms in total. The molecule has 0 fully saturated rings. The van der Waals surface area contributed by atoms with E-state index in [1.54, 1.807) is 23.9 Å². The molecule has 140 valence electrons. The molecule has 1 heterocycles. The number of halogens is 2. The monoisotopic (exact) mass is 388 g/mol. The molecule has 27 heavy (non-hydrogen) atoms. The number of nitrogens with zero attached hydrogens (tertiary/aromatic N) is 3. The first-order chi connectivity index (χ1) is 13.1. The number of hydrogen-bond donors (Lipinski definition) is 1. The van der Waals surface area contributed by atoms with Gasteiger partial charge in [-0.05, 0) is 54.7 Å². The largest absolute Gasteiger partial charge is 0.435 e. The van der Waals surface area contributed by atoms with Crippen molar-refractivity contribution < 1.29 is 13.5 Å². The molecule has 0 radical (unpaired) electrons. The lowest BCUT2D eigenvalue weighted by atomic mass is 9.91. The average molecular weight is 388 g/mol. The number of hydrogen-bond acceptors (Lipinski definition) is 5.